The van der Waals surface area contributed by atoms with Gasteiger partial charge in [0.05, 0.1) is 31.9 Å². The van der Waals surface area contributed by atoms with Crippen LogP contribution in [0.25, 0.3) is 0 Å². The minimum Gasteiger partial charge on any atom is -0.497 e. The molecule has 2 fully saturated rings. The third kappa shape index (κ3) is 8.06. The minimum absolute atomic E-state index is 0.0603. The van der Waals surface area contributed by atoms with E-state index in [0.29, 0.717) is 40.3 Å². The Bertz CT molecular complexity index is 1470. The predicted octanol–water partition coefficient (Wildman–Crippen LogP) is 5.16. The van der Waals surface area contributed by atoms with Gasteiger partial charge in [0.1, 0.15) is 11.8 Å². The molecule has 1 atom stereocenters. The van der Waals surface area contributed by atoms with Crippen molar-refractivity contribution >= 4 is 46.5 Å². The van der Waals surface area contributed by atoms with Crippen LogP contribution in [0.4, 0.5) is 11.4 Å². The number of anilines is 2. The average Bonchev–Trinajstić information content (AvgIpc) is 3.29. The van der Waals surface area contributed by atoms with E-state index in [4.69, 9.17) is 21.7 Å². The smallest absolute Gasteiger partial charge is 0.337 e. The number of nitrogens with one attached hydrogen (secondary N) is 1. The van der Waals surface area contributed by atoms with Gasteiger partial charge in [0, 0.05) is 12.2 Å². The molecule has 0 saturated carbocycles. The van der Waals surface area contributed by atoms with Crippen molar-refractivity contribution in [2.45, 2.75) is 38.1 Å². The Labute approximate surface area is 270 Å². The van der Waals surface area contributed by atoms with Gasteiger partial charge in [-0.1, -0.05) is 30.3 Å². The summed E-state index contributed by atoms with van der Waals surface area (Å²) in [6.45, 7) is 3.57. The first-order chi connectivity index (χ1) is 21.9. The summed E-state index contributed by atoms with van der Waals surface area (Å²) in [5.74, 6) is 0.371. The number of piperidine rings is 1. The van der Waals surface area contributed by atoms with Crippen molar-refractivity contribution in [2.75, 3.05) is 50.6 Å². The number of carbonyl (C=O) groups is 3. The summed E-state index contributed by atoms with van der Waals surface area (Å²) in [5.41, 5.74) is 2.94. The molecule has 0 aromatic heterocycles. The third-order valence-electron chi connectivity index (χ3n) is 8.57. The minimum atomic E-state index is -0.731. The number of benzene rings is 3. The summed E-state index contributed by atoms with van der Waals surface area (Å²) >= 11 is 5.85. The molecule has 2 heterocycles. The van der Waals surface area contributed by atoms with Gasteiger partial charge in [-0.15, -0.1) is 0 Å². The highest BCUT2D eigenvalue weighted by Crippen LogP contribution is 2.29. The Balaban J connectivity index is 1.21. The number of hydrogen-bond donors (Lipinski definition) is 1. The summed E-state index contributed by atoms with van der Waals surface area (Å²) in [6.07, 6.45) is 4.23. The first kappa shape index (κ1) is 32.1. The normalized spacial score (nSPS) is 17.4. The molecule has 236 valence electrons. The number of methoxy groups -OCH3 is 2. The molecule has 2 aliphatic rings. The highest BCUT2D eigenvalue weighted by molar-refractivity contribution is 7.80. The summed E-state index contributed by atoms with van der Waals surface area (Å²) in [7, 11) is 2.91. The highest BCUT2D eigenvalue weighted by Gasteiger charge is 2.44. The van der Waals surface area contributed by atoms with Crippen LogP contribution in [0, 0.1) is 5.92 Å². The van der Waals surface area contributed by atoms with Crippen LogP contribution in [0.5, 0.6) is 5.75 Å². The number of hydrogen-bond acceptors (Lipinski definition) is 7. The van der Waals surface area contributed by atoms with Crippen LogP contribution < -0.4 is 15.0 Å². The number of likely N-dealkylation sites (tertiary alicyclic amines) is 1. The molecule has 2 aliphatic heterocycles. The van der Waals surface area contributed by atoms with Gasteiger partial charge >= 0.3 is 5.97 Å². The number of amides is 2. The quantitative estimate of drug-likeness (QED) is 0.217. The third-order valence-corrected chi connectivity index (χ3v) is 8.98. The number of thiocarbonyl (C=S) groups is 1. The second-order valence-electron chi connectivity index (χ2n) is 11.5. The van der Waals surface area contributed by atoms with E-state index >= 15 is 0 Å². The molecule has 0 radical (unpaired) electrons. The van der Waals surface area contributed by atoms with Crippen molar-refractivity contribution in [3.63, 3.8) is 0 Å². The van der Waals surface area contributed by atoms with Gasteiger partial charge in [-0.05, 0) is 118 Å². The van der Waals surface area contributed by atoms with Crippen LogP contribution in [0.1, 0.15) is 41.6 Å². The van der Waals surface area contributed by atoms with Gasteiger partial charge in [0.25, 0.3) is 5.91 Å². The lowest BCUT2D eigenvalue weighted by atomic mass is 9.90. The molecular formula is C35H40N4O5S. The molecule has 2 saturated heterocycles. The SMILES string of the molecule is COC(=O)c1ccc(NC(=O)C[C@@H]2C(=O)N(c3ccc(OC)cc3)C(=S)N2CCCN2CCC(Cc3ccccc3)CC2)cc1. The molecule has 0 unspecified atom stereocenters. The Kier molecular flexibility index (Phi) is 10.8. The number of nitrogens with zero attached hydrogens (tertiary/aromatic N) is 3. The van der Waals surface area contributed by atoms with E-state index in [1.54, 1.807) is 55.6 Å². The summed E-state index contributed by atoms with van der Waals surface area (Å²) in [5, 5.41) is 3.25. The topological polar surface area (TPSA) is 91.4 Å². The molecule has 1 N–H and O–H groups in total. The van der Waals surface area contributed by atoms with E-state index in [2.05, 4.69) is 40.5 Å². The van der Waals surface area contributed by atoms with Crippen LogP contribution in [-0.2, 0) is 20.7 Å². The van der Waals surface area contributed by atoms with Gasteiger partial charge in [-0.3, -0.25) is 14.5 Å². The maximum Gasteiger partial charge on any atom is 0.337 e. The van der Waals surface area contributed by atoms with E-state index in [0.717, 1.165) is 32.5 Å². The summed E-state index contributed by atoms with van der Waals surface area (Å²) < 4.78 is 10.0. The van der Waals surface area contributed by atoms with E-state index in [1.165, 1.54) is 30.4 Å². The number of esters is 1. The molecule has 2 amide bonds. The molecular weight excluding hydrogens is 588 g/mol. The number of ether oxygens (including phenoxy) is 2. The standard InChI is InChI=1S/C35H40N4O5S/c1-43-30-15-13-29(14-16-30)39-33(41)31(24-32(40)36-28-11-9-27(10-12-28)34(42)44-2)38(35(39)45)20-6-19-37-21-17-26(18-22-37)23-25-7-4-3-5-8-25/h3-5,7-16,26,31H,6,17-24H2,1-2H3,(H,36,40)/t31-/m1/s1. The molecule has 45 heavy (non-hydrogen) atoms. The zero-order valence-corrected chi connectivity index (χ0v) is 26.6. The van der Waals surface area contributed by atoms with Gasteiger partial charge in [-0.25, -0.2) is 4.79 Å². The first-order valence-electron chi connectivity index (χ1n) is 15.4. The van der Waals surface area contributed by atoms with Crippen molar-refractivity contribution in [2.24, 2.45) is 5.92 Å². The fourth-order valence-corrected chi connectivity index (χ4v) is 6.49. The van der Waals surface area contributed by atoms with Gasteiger partial charge < -0.3 is 24.6 Å². The zero-order valence-electron chi connectivity index (χ0n) is 25.8. The van der Waals surface area contributed by atoms with E-state index in [-0.39, 0.29) is 18.2 Å². The van der Waals surface area contributed by atoms with Crippen molar-refractivity contribution in [1.82, 2.24) is 9.80 Å². The van der Waals surface area contributed by atoms with Gasteiger partial charge in [0.2, 0.25) is 5.91 Å². The highest BCUT2D eigenvalue weighted by atomic mass is 32.1. The lowest BCUT2D eigenvalue weighted by molar-refractivity contribution is -0.124. The van der Waals surface area contributed by atoms with E-state index in [1.807, 2.05) is 4.90 Å². The fraction of sp³-hybridized carbons (Fsp3) is 0.371. The van der Waals surface area contributed by atoms with Crippen LogP contribution in [0.3, 0.4) is 0 Å². The number of carbonyl (C=O) groups excluding carboxylic acids is 3. The molecule has 5 rings (SSSR count). The largest absolute Gasteiger partial charge is 0.497 e. The van der Waals surface area contributed by atoms with Gasteiger partial charge in [-0.2, -0.15) is 0 Å². The molecule has 9 nitrogen and oxygen atoms in total. The molecule has 0 aliphatic carbocycles. The van der Waals surface area contributed by atoms with Crippen LogP contribution in [-0.4, -0.2) is 79.1 Å². The Morgan fingerprint density at radius 1 is 0.911 bits per heavy atom. The fourth-order valence-electron chi connectivity index (χ4n) is 6.08. The van der Waals surface area contributed by atoms with Crippen LogP contribution in [0.2, 0.25) is 0 Å². The van der Waals surface area contributed by atoms with Crippen molar-refractivity contribution < 1.29 is 23.9 Å². The molecule has 0 bridgehead atoms. The zero-order chi connectivity index (χ0) is 31.8. The first-order valence-corrected chi connectivity index (χ1v) is 15.8. The van der Waals surface area contributed by atoms with Crippen LogP contribution >= 0.6 is 12.2 Å². The Morgan fingerprint density at radius 3 is 2.24 bits per heavy atom. The Morgan fingerprint density at radius 2 is 1.60 bits per heavy atom. The van der Waals surface area contributed by atoms with E-state index in [9.17, 15) is 14.4 Å². The molecule has 0 spiro atoms. The monoisotopic (exact) mass is 628 g/mol. The van der Waals surface area contributed by atoms with Crippen LogP contribution in [0.15, 0.2) is 78.9 Å². The van der Waals surface area contributed by atoms with Crippen molar-refractivity contribution in [3.8, 4) is 5.75 Å². The Hall–Kier alpha value is -4.28. The van der Waals surface area contributed by atoms with E-state index < -0.39 is 12.0 Å². The maximum absolute atomic E-state index is 13.8. The molecule has 3 aromatic rings. The maximum atomic E-state index is 13.8. The second kappa shape index (κ2) is 15.1. The predicted molar refractivity (Wildman–Crippen MR) is 179 cm³/mol. The summed E-state index contributed by atoms with van der Waals surface area (Å²) in [6, 6.07) is 23.6. The van der Waals surface area contributed by atoms with Crippen molar-refractivity contribution in [3.05, 3.63) is 90.0 Å². The number of rotatable bonds is 12. The molecule has 10 heteroatoms. The average molecular weight is 629 g/mol. The van der Waals surface area contributed by atoms with Gasteiger partial charge in [0.15, 0.2) is 5.11 Å². The van der Waals surface area contributed by atoms with Crippen molar-refractivity contribution in [1.29, 1.82) is 0 Å². The second-order valence-corrected chi connectivity index (χ2v) is 11.9. The lowest BCUT2D eigenvalue weighted by Crippen LogP contribution is -2.40. The molecule has 3 aromatic carbocycles. The summed E-state index contributed by atoms with van der Waals surface area (Å²) in [4.78, 5) is 44.6. The lowest BCUT2D eigenvalue weighted by Gasteiger charge is -2.33.